The number of thioether (sulfide) groups is 1. The topological polar surface area (TPSA) is 99.0 Å². The summed E-state index contributed by atoms with van der Waals surface area (Å²) in [6.45, 7) is 1.03. The molecule has 0 spiro atoms. The number of benzene rings is 3. The molecule has 2 aliphatic rings. The molecule has 252 valence electrons. The average Bonchev–Trinajstić information content (AvgIpc) is 3.71. The van der Waals surface area contributed by atoms with E-state index in [0.29, 0.717) is 10.8 Å². The van der Waals surface area contributed by atoms with Crippen LogP contribution in [0.25, 0.3) is 11.1 Å². The monoisotopic (exact) mass is 688 g/mol. The van der Waals surface area contributed by atoms with Gasteiger partial charge < -0.3 is 24.6 Å². The van der Waals surface area contributed by atoms with Gasteiger partial charge in [-0.1, -0.05) is 36.4 Å². The first-order chi connectivity index (χ1) is 23.0. The van der Waals surface area contributed by atoms with Crippen molar-refractivity contribution in [3.63, 3.8) is 0 Å². The maximum atomic E-state index is 16.0. The van der Waals surface area contributed by atoms with Gasteiger partial charge in [0.05, 0.1) is 34.8 Å². The van der Waals surface area contributed by atoms with Gasteiger partial charge in [0.15, 0.2) is 11.6 Å². The molecular formula is C34H29F5N2O6S. The summed E-state index contributed by atoms with van der Waals surface area (Å²) in [4.78, 5) is 25.5. The Morgan fingerprint density at radius 1 is 1.08 bits per heavy atom. The predicted octanol–water partition coefficient (Wildman–Crippen LogP) is 6.52. The summed E-state index contributed by atoms with van der Waals surface area (Å²) < 4.78 is 90.8. The minimum Gasteiger partial charge on any atom is -0.480 e. The molecule has 0 radical (unpaired) electrons. The number of nitrogens with one attached hydrogen (secondary N) is 1. The van der Waals surface area contributed by atoms with Crippen molar-refractivity contribution in [2.75, 3.05) is 32.3 Å². The van der Waals surface area contributed by atoms with Crippen molar-refractivity contribution < 1.29 is 46.1 Å². The van der Waals surface area contributed by atoms with E-state index in [-0.39, 0.29) is 53.7 Å². The Balaban J connectivity index is 1.53. The number of halogens is 5. The third kappa shape index (κ3) is 6.39. The number of carboxylic acid groups (broad SMARTS) is 1. The fourth-order valence-corrected chi connectivity index (χ4v) is 7.62. The van der Waals surface area contributed by atoms with E-state index < -0.39 is 65.6 Å². The lowest BCUT2D eigenvalue weighted by atomic mass is 9.91. The zero-order valence-corrected chi connectivity index (χ0v) is 26.2. The van der Waals surface area contributed by atoms with Crippen LogP contribution in [0.15, 0.2) is 70.5 Å². The molecule has 2 unspecified atom stereocenters. The zero-order valence-electron chi connectivity index (χ0n) is 25.4. The smallest absolute Gasteiger partial charge is 0.416 e. The highest BCUT2D eigenvalue weighted by atomic mass is 32.2. The fourth-order valence-electron chi connectivity index (χ4n) is 6.19. The molecule has 6 rings (SSSR count). The van der Waals surface area contributed by atoms with Crippen LogP contribution in [0.3, 0.4) is 0 Å². The predicted molar refractivity (Wildman–Crippen MR) is 167 cm³/mol. The molecule has 4 aromatic rings. The van der Waals surface area contributed by atoms with Gasteiger partial charge in [-0.2, -0.15) is 13.2 Å². The van der Waals surface area contributed by atoms with Crippen LogP contribution in [0.5, 0.6) is 11.5 Å². The van der Waals surface area contributed by atoms with Crippen molar-refractivity contribution in [3.8, 4) is 22.6 Å². The molecule has 2 atom stereocenters. The quantitative estimate of drug-likeness (QED) is 0.136. The number of carbonyl (C=O) groups is 1. The second-order valence-electron chi connectivity index (χ2n) is 11.2. The standard InChI is InChI=1S/C34H29F5N2O6S/c1-18-21(14-22-23(34(37,38)39)8-5-9-24(22)35)33-41(32(44)28(18)20-10-11-26-31(29(20)36)47-17-46-26)25(16-48-33)30(19-6-3-2-4-7-19)40-12-13-45-15-27(42)43/h2-11,25,30,40H,12-17H2,1H3,(H,42,43). The molecule has 3 aromatic carbocycles. The average molecular weight is 689 g/mol. The van der Waals surface area contributed by atoms with E-state index in [1.54, 1.807) is 0 Å². The van der Waals surface area contributed by atoms with Crippen LogP contribution in [0, 0.1) is 18.6 Å². The maximum Gasteiger partial charge on any atom is 0.416 e. The van der Waals surface area contributed by atoms with E-state index in [1.165, 1.54) is 35.4 Å². The number of rotatable bonds is 11. The van der Waals surface area contributed by atoms with Crippen molar-refractivity contribution in [2.24, 2.45) is 0 Å². The van der Waals surface area contributed by atoms with Crippen LogP contribution in [0.1, 0.15) is 39.9 Å². The second kappa shape index (κ2) is 13.6. The zero-order chi connectivity index (χ0) is 34.2. The normalized spacial score (nSPS) is 15.8. The molecule has 14 heteroatoms. The van der Waals surface area contributed by atoms with Gasteiger partial charge >= 0.3 is 12.1 Å². The third-order valence-electron chi connectivity index (χ3n) is 8.37. The SMILES string of the molecule is Cc1c(Cc2c(F)cccc2C(F)(F)F)c2n(c(=O)c1-c1ccc3c(c1F)OCO3)C(C(NCCOCC(=O)O)c1ccccc1)CS2. The summed E-state index contributed by atoms with van der Waals surface area (Å²) in [5, 5.41) is 12.6. The van der Waals surface area contributed by atoms with Crippen LogP contribution in [0.2, 0.25) is 0 Å². The largest absolute Gasteiger partial charge is 0.480 e. The van der Waals surface area contributed by atoms with E-state index in [1.807, 2.05) is 30.3 Å². The Hall–Kier alpha value is -4.40. The fraction of sp³-hybridized carbons (Fsp3) is 0.294. The molecule has 0 saturated heterocycles. The number of hydrogen-bond donors (Lipinski definition) is 2. The van der Waals surface area contributed by atoms with Crippen molar-refractivity contribution >= 4 is 17.7 Å². The molecule has 0 bridgehead atoms. The number of alkyl halides is 3. The minimum atomic E-state index is -4.85. The Morgan fingerprint density at radius 3 is 2.58 bits per heavy atom. The molecule has 0 amide bonds. The Kier molecular flexibility index (Phi) is 9.50. The molecule has 0 saturated carbocycles. The van der Waals surface area contributed by atoms with Gasteiger partial charge in [-0.25, -0.2) is 13.6 Å². The van der Waals surface area contributed by atoms with Crippen molar-refractivity contribution in [3.05, 3.63) is 110 Å². The number of nitrogens with zero attached hydrogens (tertiary/aromatic N) is 1. The number of ether oxygens (including phenoxy) is 3. The number of pyridine rings is 1. The Bertz CT molecular complexity index is 1920. The highest BCUT2D eigenvalue weighted by Gasteiger charge is 2.39. The van der Waals surface area contributed by atoms with Crippen LogP contribution in [-0.2, 0) is 22.1 Å². The van der Waals surface area contributed by atoms with Gasteiger partial charge in [0.2, 0.25) is 12.5 Å². The number of carboxylic acids is 1. The highest BCUT2D eigenvalue weighted by Crippen LogP contribution is 2.46. The summed E-state index contributed by atoms with van der Waals surface area (Å²) in [6, 6.07) is 13.5. The van der Waals surface area contributed by atoms with Crippen LogP contribution < -0.4 is 20.3 Å². The van der Waals surface area contributed by atoms with Gasteiger partial charge in [0, 0.05) is 29.8 Å². The summed E-state index contributed by atoms with van der Waals surface area (Å²) in [6.07, 6.45) is -5.37. The molecular weight excluding hydrogens is 659 g/mol. The molecule has 0 fully saturated rings. The van der Waals surface area contributed by atoms with E-state index >= 15 is 8.78 Å². The van der Waals surface area contributed by atoms with Gasteiger partial charge in [0.1, 0.15) is 12.4 Å². The first kappa shape index (κ1) is 33.5. The molecule has 8 nitrogen and oxygen atoms in total. The van der Waals surface area contributed by atoms with Crippen molar-refractivity contribution in [1.29, 1.82) is 0 Å². The summed E-state index contributed by atoms with van der Waals surface area (Å²) in [5.41, 5.74) is -1.33. The van der Waals surface area contributed by atoms with E-state index in [9.17, 15) is 22.8 Å². The second-order valence-corrected chi connectivity index (χ2v) is 12.2. The number of fused-ring (bicyclic) bond motifs is 2. The van der Waals surface area contributed by atoms with Gasteiger partial charge in [-0.3, -0.25) is 9.36 Å². The summed E-state index contributed by atoms with van der Waals surface area (Å²) >= 11 is 1.24. The molecule has 48 heavy (non-hydrogen) atoms. The maximum absolute atomic E-state index is 16.0. The molecule has 2 N–H and O–H groups in total. The lowest BCUT2D eigenvalue weighted by Crippen LogP contribution is -2.37. The van der Waals surface area contributed by atoms with Crippen molar-refractivity contribution in [2.45, 2.75) is 36.6 Å². The van der Waals surface area contributed by atoms with E-state index in [0.717, 1.165) is 23.8 Å². The van der Waals surface area contributed by atoms with Crippen LogP contribution in [0.4, 0.5) is 22.0 Å². The lowest BCUT2D eigenvalue weighted by molar-refractivity contribution is -0.142. The third-order valence-corrected chi connectivity index (χ3v) is 9.59. The van der Waals surface area contributed by atoms with Crippen molar-refractivity contribution in [1.82, 2.24) is 9.88 Å². The summed E-state index contributed by atoms with van der Waals surface area (Å²) in [5.74, 6) is -2.81. The van der Waals surface area contributed by atoms with E-state index in [4.69, 9.17) is 19.3 Å². The number of aromatic nitrogens is 1. The molecule has 0 aliphatic carbocycles. The Morgan fingerprint density at radius 2 is 1.85 bits per heavy atom. The molecule has 3 heterocycles. The Labute approximate surface area is 275 Å². The van der Waals surface area contributed by atoms with Gasteiger partial charge in [0.25, 0.3) is 5.56 Å². The molecule has 1 aromatic heterocycles. The first-order valence-electron chi connectivity index (χ1n) is 14.9. The van der Waals surface area contributed by atoms with E-state index in [2.05, 4.69) is 5.32 Å². The number of hydrogen-bond acceptors (Lipinski definition) is 7. The van der Waals surface area contributed by atoms with Crippen LogP contribution in [-0.4, -0.2) is 47.9 Å². The van der Waals surface area contributed by atoms with Gasteiger partial charge in [-0.15, -0.1) is 11.8 Å². The van der Waals surface area contributed by atoms with Crippen LogP contribution >= 0.6 is 11.8 Å². The lowest BCUT2D eigenvalue weighted by Gasteiger charge is -2.28. The highest BCUT2D eigenvalue weighted by molar-refractivity contribution is 7.99. The molecule has 2 aliphatic heterocycles. The minimum absolute atomic E-state index is 0.0392. The number of aliphatic carboxylic acids is 1. The summed E-state index contributed by atoms with van der Waals surface area (Å²) in [7, 11) is 0. The van der Waals surface area contributed by atoms with Gasteiger partial charge in [-0.05, 0) is 47.9 Å². The first-order valence-corrected chi connectivity index (χ1v) is 15.9.